The summed E-state index contributed by atoms with van der Waals surface area (Å²) in [7, 11) is 3.80. The summed E-state index contributed by atoms with van der Waals surface area (Å²) in [6.07, 6.45) is 1.75. The van der Waals surface area contributed by atoms with Gasteiger partial charge < -0.3 is 24.1 Å². The number of furan rings is 1. The molecule has 1 aliphatic rings. The van der Waals surface area contributed by atoms with Crippen LogP contribution in [0.15, 0.2) is 39.7 Å². The van der Waals surface area contributed by atoms with Gasteiger partial charge in [0.2, 0.25) is 0 Å². The highest BCUT2D eigenvalue weighted by atomic mass is 16.5. The Labute approximate surface area is 155 Å². The van der Waals surface area contributed by atoms with E-state index in [1.165, 1.54) is 0 Å². The predicted octanol–water partition coefficient (Wildman–Crippen LogP) is 3.03. The molecule has 0 saturated carbocycles. The Balaban J connectivity index is 1.71. The topological polar surface area (TPSA) is 59.2 Å². The number of guanidine groups is 1. The maximum atomic E-state index is 5.94. The summed E-state index contributed by atoms with van der Waals surface area (Å²) < 4.78 is 17.2. The van der Waals surface area contributed by atoms with Gasteiger partial charge in [-0.2, -0.15) is 0 Å². The Morgan fingerprint density at radius 1 is 1.31 bits per heavy atom. The number of ether oxygens (including phenoxy) is 2. The monoisotopic (exact) mass is 359 g/mol. The van der Waals surface area contributed by atoms with Crippen LogP contribution in [0.5, 0.6) is 0 Å². The van der Waals surface area contributed by atoms with Crippen molar-refractivity contribution in [3.05, 3.63) is 36.1 Å². The standard InChI is InChI=1S/C20H29N3O3/c1-4-21-19(22-15-20(24-3)9-11-25-12-10-20)23(2)14-17-13-16-7-5-6-8-18(16)26-17/h5-8,13H,4,9-12,14-15H2,1-3H3,(H,21,22). The first kappa shape index (κ1) is 18.7. The summed E-state index contributed by atoms with van der Waals surface area (Å²) in [6, 6.07) is 10.2. The van der Waals surface area contributed by atoms with E-state index in [0.29, 0.717) is 13.1 Å². The van der Waals surface area contributed by atoms with Gasteiger partial charge in [-0.1, -0.05) is 18.2 Å². The van der Waals surface area contributed by atoms with E-state index in [1.54, 1.807) is 7.11 Å². The van der Waals surface area contributed by atoms with Crippen LogP contribution in [-0.4, -0.2) is 56.9 Å². The summed E-state index contributed by atoms with van der Waals surface area (Å²) in [6.45, 7) is 5.63. The lowest BCUT2D eigenvalue weighted by molar-refractivity contribution is -0.0829. The Kier molecular flexibility index (Phi) is 6.16. The first-order chi connectivity index (χ1) is 12.7. The normalized spacial score (nSPS) is 17.4. The largest absolute Gasteiger partial charge is 0.459 e. The van der Waals surface area contributed by atoms with Crippen LogP contribution in [0.2, 0.25) is 0 Å². The second-order valence-electron chi connectivity index (χ2n) is 6.78. The van der Waals surface area contributed by atoms with Gasteiger partial charge in [-0.15, -0.1) is 0 Å². The van der Waals surface area contributed by atoms with Crippen molar-refractivity contribution < 1.29 is 13.9 Å². The molecule has 0 atom stereocenters. The molecule has 1 saturated heterocycles. The van der Waals surface area contributed by atoms with Crippen LogP contribution in [0, 0.1) is 0 Å². The first-order valence-corrected chi connectivity index (χ1v) is 9.25. The second kappa shape index (κ2) is 8.56. The fourth-order valence-electron chi connectivity index (χ4n) is 3.28. The molecule has 1 aromatic heterocycles. The van der Waals surface area contributed by atoms with Crippen LogP contribution in [-0.2, 0) is 16.0 Å². The third-order valence-corrected chi connectivity index (χ3v) is 4.92. The Bertz CT molecular complexity index is 702. The minimum atomic E-state index is -0.223. The van der Waals surface area contributed by atoms with E-state index < -0.39 is 0 Å². The average Bonchev–Trinajstić information content (AvgIpc) is 3.08. The third-order valence-electron chi connectivity index (χ3n) is 4.92. The molecule has 6 heteroatoms. The maximum absolute atomic E-state index is 5.94. The second-order valence-corrected chi connectivity index (χ2v) is 6.78. The number of fused-ring (bicyclic) bond motifs is 1. The number of hydrogen-bond acceptors (Lipinski definition) is 4. The summed E-state index contributed by atoms with van der Waals surface area (Å²) in [5.41, 5.74) is 0.692. The van der Waals surface area contributed by atoms with Gasteiger partial charge in [0.25, 0.3) is 0 Å². The molecule has 142 valence electrons. The van der Waals surface area contributed by atoms with Gasteiger partial charge in [0, 0.05) is 52.1 Å². The van der Waals surface area contributed by atoms with Gasteiger partial charge in [-0.25, -0.2) is 0 Å². The lowest BCUT2D eigenvalue weighted by Gasteiger charge is -2.35. The number of benzene rings is 1. The van der Waals surface area contributed by atoms with Gasteiger partial charge in [0.15, 0.2) is 5.96 Å². The minimum Gasteiger partial charge on any atom is -0.459 e. The highest BCUT2D eigenvalue weighted by Gasteiger charge is 2.32. The number of hydrogen-bond donors (Lipinski definition) is 1. The van der Waals surface area contributed by atoms with Crippen molar-refractivity contribution >= 4 is 16.9 Å². The Morgan fingerprint density at radius 3 is 2.77 bits per heavy atom. The van der Waals surface area contributed by atoms with E-state index in [2.05, 4.69) is 29.3 Å². The van der Waals surface area contributed by atoms with Gasteiger partial charge in [0.05, 0.1) is 18.7 Å². The number of methoxy groups -OCH3 is 1. The van der Waals surface area contributed by atoms with Crippen LogP contribution in [0.3, 0.4) is 0 Å². The van der Waals surface area contributed by atoms with E-state index >= 15 is 0 Å². The van der Waals surface area contributed by atoms with Gasteiger partial charge in [-0.05, 0) is 19.1 Å². The van der Waals surface area contributed by atoms with E-state index in [-0.39, 0.29) is 5.60 Å². The van der Waals surface area contributed by atoms with Gasteiger partial charge in [0.1, 0.15) is 11.3 Å². The van der Waals surface area contributed by atoms with Crippen LogP contribution in [0.25, 0.3) is 11.0 Å². The number of rotatable bonds is 6. The fraction of sp³-hybridized carbons (Fsp3) is 0.550. The SMILES string of the molecule is CCNC(=NCC1(OC)CCOCC1)N(C)Cc1cc2ccccc2o1. The maximum Gasteiger partial charge on any atom is 0.194 e. The molecule has 2 heterocycles. The first-order valence-electron chi connectivity index (χ1n) is 9.25. The number of nitrogens with one attached hydrogen (secondary N) is 1. The number of para-hydroxylation sites is 1. The van der Waals surface area contributed by atoms with Crippen molar-refractivity contribution in [3.63, 3.8) is 0 Å². The average molecular weight is 359 g/mol. The predicted molar refractivity (Wildman–Crippen MR) is 103 cm³/mol. The zero-order chi connectivity index (χ0) is 18.4. The molecule has 6 nitrogen and oxygen atoms in total. The summed E-state index contributed by atoms with van der Waals surface area (Å²) >= 11 is 0. The molecule has 0 bridgehead atoms. The summed E-state index contributed by atoms with van der Waals surface area (Å²) in [5, 5.41) is 4.49. The molecule has 0 aliphatic carbocycles. The van der Waals surface area contributed by atoms with Crippen LogP contribution >= 0.6 is 0 Å². The zero-order valence-corrected chi connectivity index (χ0v) is 16.0. The molecule has 0 radical (unpaired) electrons. The molecular weight excluding hydrogens is 330 g/mol. The van der Waals surface area contributed by atoms with E-state index in [1.807, 2.05) is 25.2 Å². The van der Waals surface area contributed by atoms with Crippen LogP contribution < -0.4 is 5.32 Å². The van der Waals surface area contributed by atoms with Crippen LogP contribution in [0.4, 0.5) is 0 Å². The molecule has 1 aromatic carbocycles. The Hall–Kier alpha value is -2.05. The quantitative estimate of drug-likeness (QED) is 0.635. The molecule has 3 rings (SSSR count). The molecule has 2 aromatic rings. The van der Waals surface area contributed by atoms with E-state index in [9.17, 15) is 0 Å². The minimum absolute atomic E-state index is 0.223. The highest BCUT2D eigenvalue weighted by molar-refractivity contribution is 5.80. The zero-order valence-electron chi connectivity index (χ0n) is 16.0. The molecule has 0 unspecified atom stereocenters. The Morgan fingerprint density at radius 2 is 2.08 bits per heavy atom. The number of nitrogens with zero attached hydrogens (tertiary/aromatic N) is 2. The molecule has 0 spiro atoms. The van der Waals surface area contributed by atoms with Crippen molar-refractivity contribution in [1.29, 1.82) is 0 Å². The smallest absolute Gasteiger partial charge is 0.194 e. The lowest BCUT2D eigenvalue weighted by Crippen LogP contribution is -2.44. The highest BCUT2D eigenvalue weighted by Crippen LogP contribution is 2.25. The van der Waals surface area contributed by atoms with E-state index in [4.69, 9.17) is 18.9 Å². The summed E-state index contributed by atoms with van der Waals surface area (Å²) in [4.78, 5) is 6.93. The fourth-order valence-corrected chi connectivity index (χ4v) is 3.28. The molecule has 1 aliphatic heterocycles. The van der Waals surface area contributed by atoms with Crippen molar-refractivity contribution in [2.75, 3.05) is 40.5 Å². The van der Waals surface area contributed by atoms with Crippen molar-refractivity contribution in [2.45, 2.75) is 31.9 Å². The summed E-state index contributed by atoms with van der Waals surface area (Å²) in [5.74, 6) is 1.78. The molecule has 0 amide bonds. The van der Waals surface area contributed by atoms with Gasteiger partial charge >= 0.3 is 0 Å². The van der Waals surface area contributed by atoms with Crippen LogP contribution in [0.1, 0.15) is 25.5 Å². The lowest BCUT2D eigenvalue weighted by atomic mass is 9.94. The molecule has 1 N–H and O–H groups in total. The molecular formula is C20H29N3O3. The van der Waals surface area contributed by atoms with Crippen molar-refractivity contribution in [2.24, 2.45) is 4.99 Å². The third kappa shape index (κ3) is 4.37. The van der Waals surface area contributed by atoms with Gasteiger partial charge in [-0.3, -0.25) is 4.99 Å². The van der Waals surface area contributed by atoms with Crippen molar-refractivity contribution in [1.82, 2.24) is 10.2 Å². The molecule has 26 heavy (non-hydrogen) atoms. The number of aliphatic imine (C=N–C) groups is 1. The van der Waals surface area contributed by atoms with Crippen molar-refractivity contribution in [3.8, 4) is 0 Å². The van der Waals surface area contributed by atoms with E-state index in [0.717, 1.165) is 55.3 Å². The molecule has 1 fully saturated rings.